The first kappa shape index (κ1) is 19.9. The standard InChI is InChI=1S/C25H16FNO4/c1-30-22-4-2-3-17(24(22)28)9-12-21-23(16-7-5-15(14-27)6-8-16)20-13-18(26)10-11-19(20)25(29)31-21/h2-13,28H,1H3. The van der Waals surface area contributed by atoms with Gasteiger partial charge in [-0.2, -0.15) is 5.26 Å². The van der Waals surface area contributed by atoms with Crippen LogP contribution in [0.1, 0.15) is 16.9 Å². The minimum absolute atomic E-state index is 0.0599. The summed E-state index contributed by atoms with van der Waals surface area (Å²) in [7, 11) is 1.45. The number of ether oxygens (including phenoxy) is 1. The molecule has 31 heavy (non-hydrogen) atoms. The summed E-state index contributed by atoms with van der Waals surface area (Å²) >= 11 is 0. The van der Waals surface area contributed by atoms with Gasteiger partial charge in [0.1, 0.15) is 11.6 Å². The van der Waals surface area contributed by atoms with Crippen LogP contribution in [0.3, 0.4) is 0 Å². The summed E-state index contributed by atoms with van der Waals surface area (Å²) in [6.45, 7) is 0. The molecule has 0 unspecified atom stereocenters. The van der Waals surface area contributed by atoms with Crippen LogP contribution in [0.15, 0.2) is 69.9 Å². The smallest absolute Gasteiger partial charge is 0.344 e. The van der Waals surface area contributed by atoms with Crippen molar-refractivity contribution in [2.45, 2.75) is 0 Å². The number of phenolic OH excluding ortho intramolecular Hbond substituents is 1. The van der Waals surface area contributed by atoms with Crippen LogP contribution in [-0.2, 0) is 0 Å². The number of hydrogen-bond acceptors (Lipinski definition) is 5. The average Bonchev–Trinajstić information content (AvgIpc) is 2.78. The number of rotatable bonds is 4. The van der Waals surface area contributed by atoms with Crippen molar-refractivity contribution < 1.29 is 18.7 Å². The Morgan fingerprint density at radius 2 is 1.84 bits per heavy atom. The molecule has 152 valence electrons. The highest BCUT2D eigenvalue weighted by molar-refractivity contribution is 5.99. The van der Waals surface area contributed by atoms with Crippen molar-refractivity contribution in [1.29, 1.82) is 5.26 Å². The molecule has 0 amide bonds. The van der Waals surface area contributed by atoms with Gasteiger partial charge in [0.05, 0.1) is 24.1 Å². The van der Waals surface area contributed by atoms with Crippen molar-refractivity contribution in [3.63, 3.8) is 0 Å². The Labute approximate surface area is 176 Å². The maximum atomic E-state index is 14.1. The molecule has 0 bridgehead atoms. The molecule has 0 radical (unpaired) electrons. The van der Waals surface area contributed by atoms with Crippen LogP contribution >= 0.6 is 0 Å². The molecule has 1 heterocycles. The molecule has 0 atom stereocenters. The Kier molecular flexibility index (Phi) is 5.25. The highest BCUT2D eigenvalue weighted by Gasteiger charge is 2.15. The third-order valence-corrected chi connectivity index (χ3v) is 4.89. The Hall–Kier alpha value is -4.37. The largest absolute Gasteiger partial charge is 0.504 e. The first-order chi connectivity index (χ1) is 15.0. The topological polar surface area (TPSA) is 83.5 Å². The Bertz CT molecular complexity index is 1410. The minimum Gasteiger partial charge on any atom is -0.504 e. The summed E-state index contributed by atoms with van der Waals surface area (Å²) in [4.78, 5) is 12.5. The zero-order valence-electron chi connectivity index (χ0n) is 16.4. The molecule has 4 rings (SSSR count). The quantitative estimate of drug-likeness (QED) is 0.487. The second-order valence-corrected chi connectivity index (χ2v) is 6.74. The fraction of sp³-hybridized carbons (Fsp3) is 0.0400. The molecule has 6 heteroatoms. The molecule has 0 aliphatic carbocycles. The molecule has 0 aliphatic heterocycles. The fourth-order valence-electron chi connectivity index (χ4n) is 3.37. The number of nitriles is 1. The summed E-state index contributed by atoms with van der Waals surface area (Å²) < 4.78 is 24.7. The van der Waals surface area contributed by atoms with Gasteiger partial charge in [0.15, 0.2) is 11.5 Å². The van der Waals surface area contributed by atoms with Crippen LogP contribution < -0.4 is 10.4 Å². The number of halogens is 1. The van der Waals surface area contributed by atoms with Crippen LogP contribution in [0, 0.1) is 17.1 Å². The number of hydrogen-bond donors (Lipinski definition) is 1. The van der Waals surface area contributed by atoms with Crippen LogP contribution in [0.5, 0.6) is 11.5 Å². The number of phenols is 1. The zero-order valence-corrected chi connectivity index (χ0v) is 16.4. The highest BCUT2D eigenvalue weighted by atomic mass is 19.1. The first-order valence-electron chi connectivity index (χ1n) is 9.33. The lowest BCUT2D eigenvalue weighted by Crippen LogP contribution is -2.03. The van der Waals surface area contributed by atoms with Gasteiger partial charge < -0.3 is 14.3 Å². The molecule has 4 aromatic rings. The third kappa shape index (κ3) is 3.77. The van der Waals surface area contributed by atoms with Gasteiger partial charge in [-0.25, -0.2) is 9.18 Å². The zero-order chi connectivity index (χ0) is 22.0. The minimum atomic E-state index is -0.609. The van der Waals surface area contributed by atoms with Gasteiger partial charge in [-0.15, -0.1) is 0 Å². The van der Waals surface area contributed by atoms with E-state index in [9.17, 15) is 14.3 Å². The van der Waals surface area contributed by atoms with Crippen LogP contribution in [0.2, 0.25) is 0 Å². The van der Waals surface area contributed by atoms with Gasteiger partial charge in [0.25, 0.3) is 0 Å². The molecular weight excluding hydrogens is 397 g/mol. The van der Waals surface area contributed by atoms with E-state index in [1.54, 1.807) is 48.5 Å². The molecule has 0 saturated heterocycles. The number of aromatic hydroxyl groups is 1. The second-order valence-electron chi connectivity index (χ2n) is 6.74. The Morgan fingerprint density at radius 1 is 1.06 bits per heavy atom. The van der Waals surface area contributed by atoms with Gasteiger partial charge in [-0.05, 0) is 54.1 Å². The normalized spacial score (nSPS) is 11.0. The third-order valence-electron chi connectivity index (χ3n) is 4.89. The van der Waals surface area contributed by atoms with Crippen molar-refractivity contribution in [3.05, 3.63) is 93.8 Å². The fourth-order valence-corrected chi connectivity index (χ4v) is 3.37. The molecule has 1 N–H and O–H groups in total. The van der Waals surface area contributed by atoms with Gasteiger partial charge in [0.2, 0.25) is 0 Å². The van der Waals surface area contributed by atoms with E-state index in [4.69, 9.17) is 14.4 Å². The Morgan fingerprint density at radius 3 is 2.55 bits per heavy atom. The van der Waals surface area contributed by atoms with E-state index in [0.717, 1.165) is 0 Å². The summed E-state index contributed by atoms with van der Waals surface area (Å²) in [5.74, 6) is -0.0600. The van der Waals surface area contributed by atoms with Crippen molar-refractivity contribution in [2.24, 2.45) is 0 Å². The van der Waals surface area contributed by atoms with Gasteiger partial charge in [-0.3, -0.25) is 0 Å². The van der Waals surface area contributed by atoms with Crippen LogP contribution in [0.25, 0.3) is 34.1 Å². The lowest BCUT2D eigenvalue weighted by Gasteiger charge is -2.10. The lowest BCUT2D eigenvalue weighted by atomic mass is 9.97. The molecule has 0 fully saturated rings. The van der Waals surface area contributed by atoms with Crippen LogP contribution in [-0.4, -0.2) is 12.2 Å². The SMILES string of the molecule is COc1cccc(C=Cc2oc(=O)c3ccc(F)cc3c2-c2ccc(C#N)cc2)c1O. The van der Waals surface area contributed by atoms with E-state index in [1.807, 2.05) is 0 Å². The highest BCUT2D eigenvalue weighted by Crippen LogP contribution is 2.34. The molecule has 3 aromatic carbocycles. The van der Waals surface area contributed by atoms with Crippen molar-refractivity contribution >= 4 is 22.9 Å². The number of fused-ring (bicyclic) bond motifs is 1. The Balaban J connectivity index is 1.96. The second kappa shape index (κ2) is 8.17. The molecule has 0 saturated carbocycles. The van der Waals surface area contributed by atoms with E-state index in [-0.39, 0.29) is 16.9 Å². The molecule has 5 nitrogen and oxygen atoms in total. The molecule has 1 aromatic heterocycles. The van der Waals surface area contributed by atoms with Gasteiger partial charge in [0, 0.05) is 16.5 Å². The van der Waals surface area contributed by atoms with Crippen molar-refractivity contribution in [2.75, 3.05) is 7.11 Å². The van der Waals surface area contributed by atoms with E-state index < -0.39 is 11.4 Å². The van der Waals surface area contributed by atoms with Gasteiger partial charge >= 0.3 is 5.63 Å². The summed E-state index contributed by atoms with van der Waals surface area (Å²) in [6, 6.07) is 17.6. The number of nitrogens with zero attached hydrogens (tertiary/aromatic N) is 1. The monoisotopic (exact) mass is 413 g/mol. The van der Waals surface area contributed by atoms with E-state index in [0.29, 0.717) is 33.4 Å². The predicted molar refractivity (Wildman–Crippen MR) is 116 cm³/mol. The maximum absolute atomic E-state index is 14.1. The summed E-state index contributed by atoms with van der Waals surface area (Å²) in [5.41, 5.74) is 1.45. The van der Waals surface area contributed by atoms with Crippen molar-refractivity contribution in [3.8, 4) is 28.7 Å². The lowest BCUT2D eigenvalue weighted by molar-refractivity contribution is 0.373. The molecular formula is C25H16FNO4. The molecule has 0 aliphatic rings. The first-order valence-corrected chi connectivity index (χ1v) is 9.33. The maximum Gasteiger partial charge on any atom is 0.344 e. The van der Waals surface area contributed by atoms with Crippen LogP contribution in [0.4, 0.5) is 4.39 Å². The number of benzene rings is 3. The van der Waals surface area contributed by atoms with Gasteiger partial charge in [-0.1, -0.05) is 24.3 Å². The summed E-state index contributed by atoms with van der Waals surface area (Å²) in [6.07, 6.45) is 3.11. The van der Waals surface area contributed by atoms with E-state index >= 15 is 0 Å². The number of para-hydroxylation sites is 1. The van der Waals surface area contributed by atoms with Crippen molar-refractivity contribution in [1.82, 2.24) is 0 Å². The number of methoxy groups -OCH3 is 1. The molecule has 0 spiro atoms. The predicted octanol–water partition coefficient (Wildman–Crippen LogP) is 5.36. The van der Waals surface area contributed by atoms with E-state index in [2.05, 4.69) is 6.07 Å². The summed E-state index contributed by atoms with van der Waals surface area (Å²) in [5, 5.41) is 20.0. The van der Waals surface area contributed by atoms with E-state index in [1.165, 1.54) is 31.4 Å². The average molecular weight is 413 g/mol.